The second kappa shape index (κ2) is 7.65. The summed E-state index contributed by atoms with van der Waals surface area (Å²) < 4.78 is 1.02. The van der Waals surface area contributed by atoms with Gasteiger partial charge in [-0.2, -0.15) is 0 Å². The third-order valence-electron chi connectivity index (χ3n) is 2.47. The molecule has 0 bridgehead atoms. The molecule has 0 atom stereocenters. The van der Waals surface area contributed by atoms with Crippen molar-refractivity contribution in [3.63, 3.8) is 0 Å². The van der Waals surface area contributed by atoms with Crippen LogP contribution in [-0.4, -0.2) is 35.0 Å². The minimum absolute atomic E-state index is 0.0966. The Labute approximate surface area is 125 Å². The average molecular weight is 348 g/mol. The van der Waals surface area contributed by atoms with E-state index in [1.54, 1.807) is 11.3 Å². The number of rotatable bonds is 7. The second-order valence-electron chi connectivity index (χ2n) is 4.79. The highest BCUT2D eigenvalue weighted by atomic mass is 79.9. The SMILES string of the molecule is CC(C)CN(CC(=O)O)C(=O)CCc1cc(Br)cs1. The molecule has 0 saturated carbocycles. The molecule has 19 heavy (non-hydrogen) atoms. The number of hydrogen-bond donors (Lipinski definition) is 1. The van der Waals surface area contributed by atoms with E-state index in [0.717, 1.165) is 9.35 Å². The minimum Gasteiger partial charge on any atom is -0.480 e. The lowest BCUT2D eigenvalue weighted by Crippen LogP contribution is -2.38. The van der Waals surface area contributed by atoms with Gasteiger partial charge in [0.1, 0.15) is 6.54 Å². The van der Waals surface area contributed by atoms with Crippen molar-refractivity contribution in [3.8, 4) is 0 Å². The van der Waals surface area contributed by atoms with Crippen molar-refractivity contribution in [2.75, 3.05) is 13.1 Å². The molecule has 0 spiro atoms. The van der Waals surface area contributed by atoms with Crippen LogP contribution in [0.2, 0.25) is 0 Å². The van der Waals surface area contributed by atoms with Crippen LogP contribution in [0.25, 0.3) is 0 Å². The topological polar surface area (TPSA) is 57.6 Å². The van der Waals surface area contributed by atoms with Crippen molar-refractivity contribution >= 4 is 39.1 Å². The summed E-state index contributed by atoms with van der Waals surface area (Å²) in [5.74, 6) is -0.798. The maximum Gasteiger partial charge on any atom is 0.323 e. The molecule has 1 aromatic rings. The second-order valence-corrected chi connectivity index (χ2v) is 6.70. The van der Waals surface area contributed by atoms with E-state index < -0.39 is 5.97 Å². The summed E-state index contributed by atoms with van der Waals surface area (Å²) in [4.78, 5) is 25.4. The van der Waals surface area contributed by atoms with Crippen molar-refractivity contribution in [2.24, 2.45) is 5.92 Å². The lowest BCUT2D eigenvalue weighted by Gasteiger charge is -2.22. The summed E-state index contributed by atoms with van der Waals surface area (Å²) in [7, 11) is 0. The van der Waals surface area contributed by atoms with Gasteiger partial charge in [-0.25, -0.2) is 0 Å². The van der Waals surface area contributed by atoms with Gasteiger partial charge in [0, 0.05) is 27.7 Å². The first-order valence-corrected chi connectivity index (χ1v) is 7.78. The molecule has 106 valence electrons. The highest BCUT2D eigenvalue weighted by molar-refractivity contribution is 9.10. The van der Waals surface area contributed by atoms with Gasteiger partial charge in [0.05, 0.1) is 0 Å². The van der Waals surface area contributed by atoms with Crippen molar-refractivity contribution in [2.45, 2.75) is 26.7 Å². The third kappa shape index (κ3) is 6.20. The maximum absolute atomic E-state index is 12.0. The molecule has 0 fully saturated rings. The van der Waals surface area contributed by atoms with Crippen LogP contribution in [0.1, 0.15) is 25.1 Å². The number of carbonyl (C=O) groups excluding carboxylic acids is 1. The Morgan fingerprint density at radius 2 is 2.16 bits per heavy atom. The molecular formula is C13H18BrNO3S. The van der Waals surface area contributed by atoms with E-state index >= 15 is 0 Å². The Bertz CT molecular complexity index is 445. The van der Waals surface area contributed by atoms with Crippen molar-refractivity contribution in [1.82, 2.24) is 4.90 Å². The standard InChI is InChI=1S/C13H18BrNO3S/c1-9(2)6-15(7-13(17)18)12(16)4-3-11-5-10(14)8-19-11/h5,8-9H,3-4,6-7H2,1-2H3,(H,17,18). The average Bonchev–Trinajstić information content (AvgIpc) is 2.70. The van der Waals surface area contributed by atoms with Gasteiger partial charge >= 0.3 is 5.97 Å². The van der Waals surface area contributed by atoms with Crippen LogP contribution >= 0.6 is 27.3 Å². The number of aliphatic carboxylic acids is 1. The van der Waals surface area contributed by atoms with Crippen LogP contribution < -0.4 is 0 Å². The number of carbonyl (C=O) groups is 2. The van der Waals surface area contributed by atoms with Gasteiger partial charge in [0.15, 0.2) is 0 Å². The fourth-order valence-electron chi connectivity index (χ4n) is 1.73. The number of amides is 1. The van der Waals surface area contributed by atoms with E-state index in [9.17, 15) is 9.59 Å². The molecule has 1 amide bonds. The van der Waals surface area contributed by atoms with Gasteiger partial charge in [-0.3, -0.25) is 9.59 Å². The lowest BCUT2D eigenvalue weighted by molar-refractivity contribution is -0.144. The van der Waals surface area contributed by atoms with E-state index in [1.165, 1.54) is 4.90 Å². The van der Waals surface area contributed by atoms with Gasteiger partial charge in [-0.1, -0.05) is 13.8 Å². The quantitative estimate of drug-likeness (QED) is 0.824. The summed E-state index contributed by atoms with van der Waals surface area (Å²) >= 11 is 4.97. The maximum atomic E-state index is 12.0. The molecule has 1 N–H and O–H groups in total. The number of halogens is 1. The highest BCUT2D eigenvalue weighted by Gasteiger charge is 2.17. The fourth-order valence-corrected chi connectivity index (χ4v) is 3.19. The normalized spacial score (nSPS) is 10.7. The zero-order valence-electron chi connectivity index (χ0n) is 11.1. The van der Waals surface area contributed by atoms with Crippen LogP contribution in [0.15, 0.2) is 15.9 Å². The summed E-state index contributed by atoms with van der Waals surface area (Å²) in [5.41, 5.74) is 0. The van der Waals surface area contributed by atoms with Crippen molar-refractivity contribution < 1.29 is 14.7 Å². The largest absolute Gasteiger partial charge is 0.480 e. The highest BCUT2D eigenvalue weighted by Crippen LogP contribution is 2.21. The molecule has 4 nitrogen and oxygen atoms in total. The first-order chi connectivity index (χ1) is 8.88. The number of carboxylic acid groups (broad SMARTS) is 1. The van der Waals surface area contributed by atoms with Crippen molar-refractivity contribution in [3.05, 3.63) is 20.8 Å². The summed E-state index contributed by atoms with van der Waals surface area (Å²) in [6, 6.07) is 1.99. The third-order valence-corrected chi connectivity index (χ3v) is 4.23. The van der Waals surface area contributed by atoms with Gasteiger partial charge in [-0.15, -0.1) is 11.3 Å². The monoisotopic (exact) mass is 347 g/mol. The number of thiophene rings is 1. The Morgan fingerprint density at radius 1 is 1.47 bits per heavy atom. The first-order valence-electron chi connectivity index (χ1n) is 6.11. The van der Waals surface area contributed by atoms with Gasteiger partial charge in [-0.05, 0) is 34.3 Å². The summed E-state index contributed by atoms with van der Waals surface area (Å²) in [6.07, 6.45) is 1.01. The van der Waals surface area contributed by atoms with Crippen LogP contribution in [0.5, 0.6) is 0 Å². The van der Waals surface area contributed by atoms with E-state index in [2.05, 4.69) is 15.9 Å². The zero-order valence-corrected chi connectivity index (χ0v) is 13.5. The number of carboxylic acids is 1. The molecular weight excluding hydrogens is 330 g/mol. The lowest BCUT2D eigenvalue weighted by atomic mass is 10.2. The van der Waals surface area contributed by atoms with Gasteiger partial charge < -0.3 is 10.0 Å². The van der Waals surface area contributed by atoms with Gasteiger partial charge in [0.25, 0.3) is 0 Å². The number of hydrogen-bond acceptors (Lipinski definition) is 3. The molecule has 0 aliphatic rings. The molecule has 0 radical (unpaired) electrons. The van der Waals surface area contributed by atoms with E-state index in [0.29, 0.717) is 19.4 Å². The summed E-state index contributed by atoms with van der Waals surface area (Å²) in [5, 5.41) is 10.8. The Balaban J connectivity index is 2.53. The molecule has 0 aliphatic carbocycles. The molecule has 0 unspecified atom stereocenters. The van der Waals surface area contributed by atoms with E-state index in [1.807, 2.05) is 25.3 Å². The minimum atomic E-state index is -0.965. The predicted octanol–water partition coefficient (Wildman–Crippen LogP) is 3.01. The van der Waals surface area contributed by atoms with Crippen LogP contribution in [0.3, 0.4) is 0 Å². The fraction of sp³-hybridized carbons (Fsp3) is 0.538. The molecule has 6 heteroatoms. The molecule has 0 aliphatic heterocycles. The molecule has 1 heterocycles. The molecule has 1 rings (SSSR count). The van der Waals surface area contributed by atoms with Crippen molar-refractivity contribution in [1.29, 1.82) is 0 Å². The predicted molar refractivity (Wildman–Crippen MR) is 79.4 cm³/mol. The molecule has 0 saturated heterocycles. The van der Waals surface area contributed by atoms with E-state index in [-0.39, 0.29) is 18.4 Å². The zero-order chi connectivity index (χ0) is 14.4. The van der Waals surface area contributed by atoms with Crippen LogP contribution in [-0.2, 0) is 16.0 Å². The summed E-state index contributed by atoms with van der Waals surface area (Å²) in [6.45, 7) is 4.21. The van der Waals surface area contributed by atoms with E-state index in [4.69, 9.17) is 5.11 Å². The van der Waals surface area contributed by atoms with Gasteiger partial charge in [0.2, 0.25) is 5.91 Å². The van der Waals surface area contributed by atoms with Crippen LogP contribution in [0, 0.1) is 5.92 Å². The van der Waals surface area contributed by atoms with Crippen LogP contribution in [0.4, 0.5) is 0 Å². The number of nitrogens with zero attached hydrogens (tertiary/aromatic N) is 1. The number of aryl methyl sites for hydroxylation is 1. The Kier molecular flexibility index (Phi) is 6.51. The molecule has 1 aromatic heterocycles. The smallest absolute Gasteiger partial charge is 0.323 e. The molecule has 0 aromatic carbocycles. The first kappa shape index (κ1) is 16.2. The Morgan fingerprint density at radius 3 is 2.63 bits per heavy atom. The Hall–Kier alpha value is -0.880.